The van der Waals surface area contributed by atoms with Crippen molar-refractivity contribution in [2.75, 3.05) is 19.6 Å². The maximum absolute atomic E-state index is 9.51. The molecule has 2 aliphatic rings. The van der Waals surface area contributed by atoms with Crippen LogP contribution in [0.1, 0.15) is 12.8 Å². The van der Waals surface area contributed by atoms with Crippen molar-refractivity contribution in [2.24, 2.45) is 5.73 Å². The van der Waals surface area contributed by atoms with Crippen LogP contribution in [0.3, 0.4) is 0 Å². The summed E-state index contributed by atoms with van der Waals surface area (Å²) in [5, 5.41) is 12.8. The molecular weight excluding hydrogens is 154 g/mol. The van der Waals surface area contributed by atoms with Crippen LogP contribution in [-0.2, 0) is 0 Å². The standard InChI is InChI=1S/C8H17N3O/c9-6-1-3-11(8-5-10-8)4-2-7(6)12/h6-8,10,12H,1-5,9H2. The molecule has 3 atom stereocenters. The maximum Gasteiger partial charge on any atom is 0.0727 e. The van der Waals surface area contributed by atoms with Gasteiger partial charge >= 0.3 is 0 Å². The highest BCUT2D eigenvalue weighted by Crippen LogP contribution is 2.15. The molecule has 0 aromatic rings. The van der Waals surface area contributed by atoms with Crippen molar-refractivity contribution >= 4 is 0 Å². The van der Waals surface area contributed by atoms with Gasteiger partial charge in [0.2, 0.25) is 0 Å². The van der Waals surface area contributed by atoms with Crippen molar-refractivity contribution in [3.05, 3.63) is 0 Å². The molecular formula is C8H17N3O. The minimum Gasteiger partial charge on any atom is -0.391 e. The molecule has 0 radical (unpaired) electrons. The molecule has 0 aromatic heterocycles. The first kappa shape index (κ1) is 8.44. The van der Waals surface area contributed by atoms with E-state index in [1.54, 1.807) is 0 Å². The topological polar surface area (TPSA) is 71.4 Å². The number of nitrogens with two attached hydrogens (primary N) is 1. The Balaban J connectivity index is 1.87. The first-order valence-corrected chi connectivity index (χ1v) is 4.68. The van der Waals surface area contributed by atoms with Crippen LogP contribution >= 0.6 is 0 Å². The van der Waals surface area contributed by atoms with E-state index in [1.165, 1.54) is 0 Å². The number of rotatable bonds is 1. The summed E-state index contributed by atoms with van der Waals surface area (Å²) >= 11 is 0. The second-order valence-electron chi connectivity index (χ2n) is 3.77. The molecule has 2 rings (SSSR count). The first-order chi connectivity index (χ1) is 5.77. The fourth-order valence-electron chi connectivity index (χ4n) is 1.75. The molecule has 0 amide bonds. The monoisotopic (exact) mass is 171 g/mol. The van der Waals surface area contributed by atoms with Crippen LogP contribution in [0.4, 0.5) is 0 Å². The summed E-state index contributed by atoms with van der Waals surface area (Å²) in [5.41, 5.74) is 5.76. The quantitative estimate of drug-likeness (QED) is 0.429. The molecule has 0 saturated carbocycles. The Morgan fingerprint density at radius 1 is 1.33 bits per heavy atom. The van der Waals surface area contributed by atoms with Gasteiger partial charge in [0.1, 0.15) is 0 Å². The Hall–Kier alpha value is -0.160. The summed E-state index contributed by atoms with van der Waals surface area (Å²) in [7, 11) is 0. The van der Waals surface area contributed by atoms with E-state index in [0.717, 1.165) is 32.5 Å². The van der Waals surface area contributed by atoms with Crippen molar-refractivity contribution in [3.63, 3.8) is 0 Å². The zero-order chi connectivity index (χ0) is 8.55. The van der Waals surface area contributed by atoms with Crippen LogP contribution < -0.4 is 11.1 Å². The number of likely N-dealkylation sites (tertiary alicyclic amines) is 1. The van der Waals surface area contributed by atoms with Gasteiger partial charge in [0.25, 0.3) is 0 Å². The van der Waals surface area contributed by atoms with Gasteiger partial charge < -0.3 is 10.8 Å². The first-order valence-electron chi connectivity index (χ1n) is 4.68. The van der Waals surface area contributed by atoms with Crippen molar-refractivity contribution in [2.45, 2.75) is 31.2 Å². The molecule has 2 aliphatic heterocycles. The van der Waals surface area contributed by atoms with Gasteiger partial charge in [-0.2, -0.15) is 0 Å². The fraction of sp³-hybridized carbons (Fsp3) is 1.00. The van der Waals surface area contributed by atoms with Gasteiger partial charge in [0, 0.05) is 25.7 Å². The number of aliphatic hydroxyl groups is 1. The van der Waals surface area contributed by atoms with Crippen LogP contribution in [0.5, 0.6) is 0 Å². The molecule has 2 heterocycles. The van der Waals surface area contributed by atoms with Crippen molar-refractivity contribution in [3.8, 4) is 0 Å². The van der Waals surface area contributed by atoms with Crippen LogP contribution in [-0.4, -0.2) is 48.0 Å². The van der Waals surface area contributed by atoms with E-state index in [0.29, 0.717) is 6.17 Å². The van der Waals surface area contributed by atoms with E-state index in [-0.39, 0.29) is 12.1 Å². The summed E-state index contributed by atoms with van der Waals surface area (Å²) in [6, 6.07) is -0.0197. The Labute approximate surface area is 72.7 Å². The summed E-state index contributed by atoms with van der Waals surface area (Å²) in [6.45, 7) is 3.10. The van der Waals surface area contributed by atoms with Gasteiger partial charge in [-0.15, -0.1) is 0 Å². The average molecular weight is 171 g/mol. The maximum atomic E-state index is 9.51. The fourth-order valence-corrected chi connectivity index (χ4v) is 1.75. The Kier molecular flexibility index (Phi) is 2.32. The van der Waals surface area contributed by atoms with E-state index >= 15 is 0 Å². The van der Waals surface area contributed by atoms with Crippen molar-refractivity contribution in [1.82, 2.24) is 10.2 Å². The third kappa shape index (κ3) is 1.77. The number of hydrogen-bond donors (Lipinski definition) is 3. The van der Waals surface area contributed by atoms with Crippen LogP contribution in [0.25, 0.3) is 0 Å². The van der Waals surface area contributed by atoms with Crippen LogP contribution in [0.15, 0.2) is 0 Å². The minimum atomic E-state index is -0.297. The number of hydrogen-bond acceptors (Lipinski definition) is 4. The molecule has 4 heteroatoms. The third-order valence-corrected chi connectivity index (χ3v) is 2.78. The molecule has 4 nitrogen and oxygen atoms in total. The lowest BCUT2D eigenvalue weighted by atomic mass is 10.1. The van der Waals surface area contributed by atoms with E-state index in [2.05, 4.69) is 10.2 Å². The summed E-state index contributed by atoms with van der Waals surface area (Å²) in [4.78, 5) is 2.37. The smallest absolute Gasteiger partial charge is 0.0727 e. The lowest BCUT2D eigenvalue weighted by Crippen LogP contribution is -2.34. The Bertz CT molecular complexity index is 148. The minimum absolute atomic E-state index is 0.0197. The predicted molar refractivity (Wildman–Crippen MR) is 46.6 cm³/mol. The van der Waals surface area contributed by atoms with Crippen molar-refractivity contribution in [1.29, 1.82) is 0 Å². The molecule has 0 bridgehead atoms. The highest BCUT2D eigenvalue weighted by Gasteiger charge is 2.31. The van der Waals surface area contributed by atoms with Crippen LogP contribution in [0, 0.1) is 0 Å². The molecule has 2 fully saturated rings. The highest BCUT2D eigenvalue weighted by atomic mass is 16.3. The van der Waals surface area contributed by atoms with E-state index in [1.807, 2.05) is 0 Å². The molecule has 12 heavy (non-hydrogen) atoms. The summed E-state index contributed by atoms with van der Waals surface area (Å²) < 4.78 is 0. The number of aliphatic hydroxyl groups excluding tert-OH is 1. The highest BCUT2D eigenvalue weighted by molar-refractivity contribution is 4.88. The second-order valence-corrected chi connectivity index (χ2v) is 3.77. The SMILES string of the molecule is NC1CCN(C2CN2)CCC1O. The molecule has 0 aliphatic carbocycles. The predicted octanol–water partition coefficient (Wildman–Crippen LogP) is -1.30. The number of nitrogens with one attached hydrogen (secondary N) is 1. The average Bonchev–Trinajstić information content (AvgIpc) is 2.84. The normalized spacial score (nSPS) is 44.0. The molecule has 0 aromatic carbocycles. The molecule has 4 N–H and O–H groups in total. The van der Waals surface area contributed by atoms with Gasteiger partial charge in [0.05, 0.1) is 12.3 Å². The van der Waals surface area contributed by atoms with Crippen LogP contribution in [0.2, 0.25) is 0 Å². The zero-order valence-corrected chi connectivity index (χ0v) is 7.24. The van der Waals surface area contributed by atoms with Gasteiger partial charge in [-0.05, 0) is 12.8 Å². The van der Waals surface area contributed by atoms with Gasteiger partial charge in [-0.1, -0.05) is 0 Å². The molecule has 2 saturated heterocycles. The zero-order valence-electron chi connectivity index (χ0n) is 7.24. The summed E-state index contributed by atoms with van der Waals surface area (Å²) in [5.74, 6) is 0. The van der Waals surface area contributed by atoms with E-state index in [4.69, 9.17) is 5.73 Å². The molecule has 3 unspecified atom stereocenters. The second kappa shape index (κ2) is 3.30. The van der Waals surface area contributed by atoms with Gasteiger partial charge in [0.15, 0.2) is 0 Å². The van der Waals surface area contributed by atoms with Gasteiger partial charge in [-0.25, -0.2) is 0 Å². The third-order valence-electron chi connectivity index (χ3n) is 2.78. The largest absolute Gasteiger partial charge is 0.391 e. The lowest BCUT2D eigenvalue weighted by molar-refractivity contribution is 0.137. The lowest BCUT2D eigenvalue weighted by Gasteiger charge is -2.17. The number of nitrogens with zero attached hydrogens (tertiary/aromatic N) is 1. The summed E-state index contributed by atoms with van der Waals surface area (Å²) in [6.07, 6.45) is 2.01. The molecule has 0 spiro atoms. The van der Waals surface area contributed by atoms with E-state index in [9.17, 15) is 5.11 Å². The Morgan fingerprint density at radius 3 is 2.67 bits per heavy atom. The van der Waals surface area contributed by atoms with E-state index < -0.39 is 0 Å². The van der Waals surface area contributed by atoms with Gasteiger partial charge in [-0.3, -0.25) is 10.2 Å². The molecule has 70 valence electrons. The Morgan fingerprint density at radius 2 is 2.00 bits per heavy atom. The van der Waals surface area contributed by atoms with Crippen molar-refractivity contribution < 1.29 is 5.11 Å².